The molecule has 17 heavy (non-hydrogen) atoms. The summed E-state index contributed by atoms with van der Waals surface area (Å²) in [6, 6.07) is 3.34. The Hall–Kier alpha value is -1.41. The van der Waals surface area contributed by atoms with E-state index in [0.29, 0.717) is 22.0 Å². The summed E-state index contributed by atoms with van der Waals surface area (Å²) in [5, 5.41) is 0. The topological polar surface area (TPSA) is 120 Å². The molecule has 90 valence electrons. The number of rotatable bonds is 2. The molecule has 0 spiro atoms. The third-order valence-electron chi connectivity index (χ3n) is 1.65. The molecule has 1 rings (SSSR count). The lowest BCUT2D eigenvalue weighted by molar-refractivity contribution is 0.112. The average molecular weight is 363 g/mol. The second-order valence-electron chi connectivity index (χ2n) is 2.95. The molecule has 0 heterocycles. The van der Waals surface area contributed by atoms with Gasteiger partial charge in [-0.1, -0.05) is 15.9 Å². The number of aliphatic imine (C=N–C) groups is 2. The van der Waals surface area contributed by atoms with Gasteiger partial charge in [-0.25, -0.2) is 4.99 Å². The van der Waals surface area contributed by atoms with Crippen LogP contribution in [0.25, 0.3) is 0 Å². The van der Waals surface area contributed by atoms with Gasteiger partial charge in [0.1, 0.15) is 0 Å². The Balaban J connectivity index is 3.31. The first-order valence-electron chi connectivity index (χ1n) is 4.32. The van der Waals surface area contributed by atoms with Crippen LogP contribution in [0.2, 0.25) is 0 Å². The van der Waals surface area contributed by atoms with E-state index in [1.807, 2.05) is 0 Å². The average Bonchev–Trinajstić information content (AvgIpc) is 2.20. The number of carbonyl (C=O) groups excluding carboxylic acids is 1. The van der Waals surface area contributed by atoms with E-state index in [9.17, 15) is 4.79 Å². The first kappa shape index (κ1) is 13.7. The van der Waals surface area contributed by atoms with Crippen LogP contribution in [0.5, 0.6) is 0 Å². The van der Waals surface area contributed by atoms with Crippen LogP contribution in [0.15, 0.2) is 31.1 Å². The van der Waals surface area contributed by atoms with Gasteiger partial charge in [0.15, 0.2) is 12.2 Å². The maximum Gasteiger partial charge on any atom is 0.223 e. The Kier molecular flexibility index (Phi) is 4.64. The molecule has 6 nitrogen and oxygen atoms in total. The van der Waals surface area contributed by atoms with E-state index >= 15 is 0 Å². The molecule has 0 saturated heterocycles. The molecular formula is C9H9Br2N5O. The third-order valence-corrected chi connectivity index (χ3v) is 2.72. The molecule has 0 unspecified atom stereocenters. The normalized spacial score (nSPS) is 11.1. The summed E-state index contributed by atoms with van der Waals surface area (Å²) < 4.78 is 1.34. The number of nitrogens with zero attached hydrogens (tertiary/aromatic N) is 2. The number of nitrogens with two attached hydrogens (primary N) is 3. The first-order valence-corrected chi connectivity index (χ1v) is 5.90. The van der Waals surface area contributed by atoms with Crippen molar-refractivity contribution in [1.82, 2.24) is 0 Å². The predicted octanol–water partition coefficient (Wildman–Crippen LogP) is 1.24. The van der Waals surface area contributed by atoms with Crippen molar-refractivity contribution >= 4 is 55.8 Å². The highest BCUT2D eigenvalue weighted by Gasteiger charge is 2.08. The SMILES string of the molecule is NC(N)=NC(N)=Nc1c(Br)cc(Br)cc1C=O. The van der Waals surface area contributed by atoms with Gasteiger partial charge >= 0.3 is 0 Å². The molecule has 0 aromatic heterocycles. The molecular weight excluding hydrogens is 354 g/mol. The lowest BCUT2D eigenvalue weighted by Gasteiger charge is -2.04. The molecule has 0 aliphatic carbocycles. The third kappa shape index (κ3) is 3.82. The van der Waals surface area contributed by atoms with Crippen molar-refractivity contribution in [3.8, 4) is 0 Å². The zero-order valence-corrected chi connectivity index (χ0v) is 11.7. The minimum Gasteiger partial charge on any atom is -0.370 e. The van der Waals surface area contributed by atoms with Crippen LogP contribution in [0, 0.1) is 0 Å². The van der Waals surface area contributed by atoms with Gasteiger partial charge in [-0.05, 0) is 28.1 Å². The minimum absolute atomic E-state index is 0.129. The summed E-state index contributed by atoms with van der Waals surface area (Å²) in [4.78, 5) is 18.4. The van der Waals surface area contributed by atoms with Crippen LogP contribution in [-0.4, -0.2) is 18.2 Å². The fourth-order valence-electron chi connectivity index (χ4n) is 1.07. The summed E-state index contributed by atoms with van der Waals surface area (Å²) >= 11 is 6.53. The number of carbonyl (C=O) groups is 1. The molecule has 1 aromatic carbocycles. The molecule has 1 aromatic rings. The smallest absolute Gasteiger partial charge is 0.223 e. The highest BCUT2D eigenvalue weighted by Crippen LogP contribution is 2.32. The van der Waals surface area contributed by atoms with Crippen LogP contribution >= 0.6 is 31.9 Å². The highest BCUT2D eigenvalue weighted by molar-refractivity contribution is 9.11. The second kappa shape index (κ2) is 5.78. The summed E-state index contributed by atoms with van der Waals surface area (Å²) in [5.74, 6) is -0.330. The molecule has 0 aliphatic rings. The lowest BCUT2D eigenvalue weighted by Crippen LogP contribution is -2.26. The number of aldehydes is 1. The fourth-order valence-corrected chi connectivity index (χ4v) is 2.41. The van der Waals surface area contributed by atoms with E-state index in [4.69, 9.17) is 17.2 Å². The maximum atomic E-state index is 10.9. The van der Waals surface area contributed by atoms with Gasteiger partial charge in [0.25, 0.3) is 0 Å². The zero-order chi connectivity index (χ0) is 13.0. The lowest BCUT2D eigenvalue weighted by atomic mass is 10.2. The molecule has 0 radical (unpaired) electrons. The molecule has 0 bridgehead atoms. The van der Waals surface area contributed by atoms with Gasteiger partial charge in [-0.2, -0.15) is 4.99 Å². The monoisotopic (exact) mass is 361 g/mol. The van der Waals surface area contributed by atoms with Crippen molar-refractivity contribution < 1.29 is 4.79 Å². The molecule has 0 aliphatic heterocycles. The Bertz CT molecular complexity index is 508. The summed E-state index contributed by atoms with van der Waals surface area (Å²) in [6.07, 6.45) is 0.664. The van der Waals surface area contributed by atoms with E-state index in [-0.39, 0.29) is 11.9 Å². The van der Waals surface area contributed by atoms with Gasteiger partial charge in [0.2, 0.25) is 5.96 Å². The fraction of sp³-hybridized carbons (Fsp3) is 0. The molecule has 0 amide bonds. The summed E-state index contributed by atoms with van der Waals surface area (Å²) in [7, 11) is 0. The van der Waals surface area contributed by atoms with E-state index in [0.717, 1.165) is 4.47 Å². The van der Waals surface area contributed by atoms with Crippen molar-refractivity contribution in [3.05, 3.63) is 26.6 Å². The van der Waals surface area contributed by atoms with Crippen molar-refractivity contribution in [1.29, 1.82) is 0 Å². The van der Waals surface area contributed by atoms with Gasteiger partial charge in [-0.3, -0.25) is 4.79 Å². The number of guanidine groups is 2. The number of hydrogen-bond donors (Lipinski definition) is 3. The Morgan fingerprint density at radius 2 is 1.88 bits per heavy atom. The molecule has 6 N–H and O–H groups in total. The first-order chi connectivity index (χ1) is 7.93. The number of hydrogen-bond acceptors (Lipinski definition) is 2. The number of benzene rings is 1. The maximum absolute atomic E-state index is 10.9. The van der Waals surface area contributed by atoms with Crippen molar-refractivity contribution in [2.45, 2.75) is 0 Å². The van der Waals surface area contributed by atoms with Crippen molar-refractivity contribution in [3.63, 3.8) is 0 Å². The Labute approximate surface area is 114 Å². The van der Waals surface area contributed by atoms with Crippen molar-refractivity contribution in [2.24, 2.45) is 27.2 Å². The quantitative estimate of drug-likeness (QED) is 0.416. The molecule has 0 atom stereocenters. The van der Waals surface area contributed by atoms with Crippen LogP contribution in [0.4, 0.5) is 5.69 Å². The van der Waals surface area contributed by atoms with Crippen LogP contribution in [-0.2, 0) is 0 Å². The van der Waals surface area contributed by atoms with Crippen LogP contribution in [0.1, 0.15) is 10.4 Å². The van der Waals surface area contributed by atoms with E-state index in [1.54, 1.807) is 12.1 Å². The van der Waals surface area contributed by atoms with E-state index in [2.05, 4.69) is 41.8 Å². The molecule has 8 heteroatoms. The van der Waals surface area contributed by atoms with Crippen molar-refractivity contribution in [2.75, 3.05) is 0 Å². The van der Waals surface area contributed by atoms with E-state index < -0.39 is 0 Å². The summed E-state index contributed by atoms with van der Waals surface area (Å²) in [6.45, 7) is 0. The number of halogens is 2. The summed E-state index contributed by atoms with van der Waals surface area (Å²) in [5.41, 5.74) is 16.5. The molecule has 0 fully saturated rings. The largest absolute Gasteiger partial charge is 0.370 e. The predicted molar refractivity (Wildman–Crippen MR) is 74.3 cm³/mol. The van der Waals surface area contributed by atoms with Crippen LogP contribution in [0.3, 0.4) is 0 Å². The molecule has 0 saturated carbocycles. The standard InChI is InChI=1S/C9H9Br2N5O/c10-5-1-4(3-17)7(6(11)2-5)15-9(14)16-8(12)13/h1-3H,(H6,12,13,14,15,16). The van der Waals surface area contributed by atoms with E-state index in [1.165, 1.54) is 0 Å². The Morgan fingerprint density at radius 1 is 1.24 bits per heavy atom. The second-order valence-corrected chi connectivity index (χ2v) is 4.72. The zero-order valence-electron chi connectivity index (χ0n) is 8.52. The Morgan fingerprint density at radius 3 is 2.41 bits per heavy atom. The highest BCUT2D eigenvalue weighted by atomic mass is 79.9. The van der Waals surface area contributed by atoms with Crippen LogP contribution < -0.4 is 17.2 Å². The van der Waals surface area contributed by atoms with Gasteiger partial charge in [-0.15, -0.1) is 0 Å². The minimum atomic E-state index is -0.202. The van der Waals surface area contributed by atoms with Gasteiger partial charge in [0, 0.05) is 14.5 Å². The van der Waals surface area contributed by atoms with Gasteiger partial charge < -0.3 is 17.2 Å². The van der Waals surface area contributed by atoms with Gasteiger partial charge in [0.05, 0.1) is 5.69 Å².